The van der Waals surface area contributed by atoms with E-state index in [0.717, 1.165) is 51.3 Å². The molecule has 1 saturated heterocycles. The number of amides is 1. The first-order chi connectivity index (χ1) is 14.7. The third kappa shape index (κ3) is 4.79. The van der Waals surface area contributed by atoms with Crippen LogP contribution in [0, 0.1) is 5.92 Å². The van der Waals surface area contributed by atoms with Crippen molar-refractivity contribution in [1.29, 1.82) is 0 Å². The van der Waals surface area contributed by atoms with Crippen molar-refractivity contribution in [2.45, 2.75) is 26.3 Å². The van der Waals surface area contributed by atoms with E-state index in [2.05, 4.69) is 75.2 Å². The van der Waals surface area contributed by atoms with Crippen LogP contribution in [0.4, 0.5) is 0 Å². The molecule has 1 fully saturated rings. The highest BCUT2D eigenvalue weighted by Crippen LogP contribution is 2.27. The number of hydrogen-bond donors (Lipinski definition) is 1. The molecule has 1 aliphatic heterocycles. The number of H-pyrrole nitrogens is 1. The van der Waals surface area contributed by atoms with Gasteiger partial charge >= 0.3 is 0 Å². The molecule has 4 rings (SSSR count). The maximum absolute atomic E-state index is 13.4. The minimum atomic E-state index is -0.0492. The van der Waals surface area contributed by atoms with Gasteiger partial charge in [0.2, 0.25) is 5.91 Å². The highest BCUT2D eigenvalue weighted by atomic mass is 16.2. The Morgan fingerprint density at radius 3 is 2.63 bits per heavy atom. The summed E-state index contributed by atoms with van der Waals surface area (Å²) in [6.07, 6.45) is 5.33. The second kappa shape index (κ2) is 9.72. The van der Waals surface area contributed by atoms with Gasteiger partial charge in [0.05, 0.1) is 12.2 Å². The van der Waals surface area contributed by atoms with Crippen molar-refractivity contribution < 1.29 is 4.79 Å². The molecule has 1 aromatic heterocycles. The van der Waals surface area contributed by atoms with E-state index in [-0.39, 0.29) is 11.8 Å². The first-order valence-corrected chi connectivity index (χ1v) is 10.9. The highest BCUT2D eigenvalue weighted by molar-refractivity contribution is 5.80. The Morgan fingerprint density at radius 1 is 1.07 bits per heavy atom. The maximum atomic E-state index is 13.4. The molecule has 1 unspecified atom stereocenters. The monoisotopic (exact) mass is 402 g/mol. The molecule has 0 bridgehead atoms. The van der Waals surface area contributed by atoms with Crippen LogP contribution in [0.25, 0.3) is 11.1 Å². The number of aromatic amines is 1. The first kappa shape index (κ1) is 20.4. The zero-order valence-corrected chi connectivity index (χ0v) is 17.6. The van der Waals surface area contributed by atoms with Gasteiger partial charge in [0.25, 0.3) is 0 Å². The third-order valence-corrected chi connectivity index (χ3v) is 5.84. The topological polar surface area (TPSA) is 52.2 Å². The molecule has 0 radical (unpaired) electrons. The molecule has 0 spiro atoms. The Balaban J connectivity index is 1.59. The molecule has 0 saturated carbocycles. The summed E-state index contributed by atoms with van der Waals surface area (Å²) in [6, 6.07) is 18.9. The average molecular weight is 403 g/mol. The van der Waals surface area contributed by atoms with E-state index in [4.69, 9.17) is 0 Å². The lowest BCUT2D eigenvalue weighted by Crippen LogP contribution is -2.37. The van der Waals surface area contributed by atoms with Crippen LogP contribution in [0.2, 0.25) is 0 Å². The SMILES string of the molecule is CCCN1CCN(Cc2cnc[nH]2)CC(Cc2ccccc2-c2ccccc2)C1=O. The molecule has 0 aliphatic carbocycles. The minimum absolute atomic E-state index is 0.0492. The van der Waals surface area contributed by atoms with Crippen molar-refractivity contribution in [2.75, 3.05) is 26.2 Å². The van der Waals surface area contributed by atoms with Crippen LogP contribution in [0.1, 0.15) is 24.6 Å². The lowest BCUT2D eigenvalue weighted by molar-refractivity contribution is -0.134. The summed E-state index contributed by atoms with van der Waals surface area (Å²) in [4.78, 5) is 25.2. The molecule has 156 valence electrons. The molecule has 30 heavy (non-hydrogen) atoms. The average Bonchev–Trinajstić information content (AvgIpc) is 3.24. The van der Waals surface area contributed by atoms with Gasteiger partial charge in [-0.15, -0.1) is 0 Å². The fourth-order valence-electron chi connectivity index (χ4n) is 4.37. The van der Waals surface area contributed by atoms with Crippen LogP contribution in [-0.2, 0) is 17.8 Å². The van der Waals surface area contributed by atoms with Gasteiger partial charge in [-0.05, 0) is 29.5 Å². The fraction of sp³-hybridized carbons (Fsp3) is 0.360. The predicted molar refractivity (Wildman–Crippen MR) is 120 cm³/mol. The number of rotatable bonds is 7. The van der Waals surface area contributed by atoms with Crippen molar-refractivity contribution in [1.82, 2.24) is 19.8 Å². The lowest BCUT2D eigenvalue weighted by Gasteiger charge is -2.24. The Kier molecular flexibility index (Phi) is 6.60. The number of nitrogens with one attached hydrogen (secondary N) is 1. The summed E-state index contributed by atoms with van der Waals surface area (Å²) < 4.78 is 0. The van der Waals surface area contributed by atoms with Crippen molar-refractivity contribution in [3.63, 3.8) is 0 Å². The normalized spacial score (nSPS) is 17.8. The number of aromatic nitrogens is 2. The number of hydrogen-bond acceptors (Lipinski definition) is 3. The fourth-order valence-corrected chi connectivity index (χ4v) is 4.37. The zero-order valence-electron chi connectivity index (χ0n) is 17.6. The largest absolute Gasteiger partial charge is 0.347 e. The second-order valence-corrected chi connectivity index (χ2v) is 8.06. The first-order valence-electron chi connectivity index (χ1n) is 10.9. The van der Waals surface area contributed by atoms with Crippen LogP contribution in [-0.4, -0.2) is 51.9 Å². The van der Waals surface area contributed by atoms with E-state index in [9.17, 15) is 4.79 Å². The molecular weight excluding hydrogens is 372 g/mol. The van der Waals surface area contributed by atoms with Gasteiger partial charge in [-0.25, -0.2) is 4.98 Å². The van der Waals surface area contributed by atoms with Gasteiger partial charge in [-0.1, -0.05) is 61.5 Å². The summed E-state index contributed by atoms with van der Waals surface area (Å²) in [5.74, 6) is 0.235. The second-order valence-electron chi connectivity index (χ2n) is 8.06. The van der Waals surface area contributed by atoms with Crippen LogP contribution >= 0.6 is 0 Å². The van der Waals surface area contributed by atoms with Gasteiger partial charge in [0.15, 0.2) is 0 Å². The molecule has 3 aromatic rings. The van der Waals surface area contributed by atoms with Crippen LogP contribution in [0.3, 0.4) is 0 Å². The van der Waals surface area contributed by atoms with Crippen LogP contribution in [0.5, 0.6) is 0 Å². The molecule has 1 N–H and O–H groups in total. The number of carbonyl (C=O) groups excluding carboxylic acids is 1. The van der Waals surface area contributed by atoms with E-state index in [1.54, 1.807) is 6.33 Å². The number of imidazole rings is 1. The number of carbonyl (C=O) groups is 1. The van der Waals surface area contributed by atoms with E-state index >= 15 is 0 Å². The maximum Gasteiger partial charge on any atom is 0.227 e. The van der Waals surface area contributed by atoms with Crippen molar-refractivity contribution in [3.8, 4) is 11.1 Å². The van der Waals surface area contributed by atoms with Gasteiger partial charge < -0.3 is 9.88 Å². The standard InChI is InChI=1S/C25H30N4O/c1-2-12-29-14-13-28(18-23-16-26-19-27-23)17-22(25(29)30)15-21-10-6-7-11-24(21)20-8-4-3-5-9-20/h3-11,16,19,22H,2,12-15,17-18H2,1H3,(H,26,27). The zero-order chi connectivity index (χ0) is 20.8. The minimum Gasteiger partial charge on any atom is -0.347 e. The Hall–Kier alpha value is -2.92. The smallest absolute Gasteiger partial charge is 0.227 e. The van der Waals surface area contributed by atoms with Crippen molar-refractivity contribution >= 4 is 5.91 Å². The van der Waals surface area contributed by atoms with Gasteiger partial charge in [0, 0.05) is 44.6 Å². The number of benzene rings is 2. The van der Waals surface area contributed by atoms with E-state index in [1.165, 1.54) is 16.7 Å². The quantitative estimate of drug-likeness (QED) is 0.650. The lowest BCUT2D eigenvalue weighted by atomic mass is 9.91. The molecule has 1 atom stereocenters. The van der Waals surface area contributed by atoms with E-state index in [0.29, 0.717) is 0 Å². The Bertz CT molecular complexity index is 939. The van der Waals surface area contributed by atoms with Gasteiger partial charge in [0.1, 0.15) is 0 Å². The van der Waals surface area contributed by atoms with Crippen LogP contribution in [0.15, 0.2) is 67.1 Å². The molecule has 5 heteroatoms. The summed E-state index contributed by atoms with van der Waals surface area (Å²) in [7, 11) is 0. The summed E-state index contributed by atoms with van der Waals surface area (Å²) in [6.45, 7) is 6.21. The van der Waals surface area contributed by atoms with Crippen molar-refractivity contribution in [2.24, 2.45) is 5.92 Å². The van der Waals surface area contributed by atoms with Crippen LogP contribution < -0.4 is 0 Å². The summed E-state index contributed by atoms with van der Waals surface area (Å²) in [5, 5.41) is 0. The summed E-state index contributed by atoms with van der Waals surface area (Å²) >= 11 is 0. The Labute approximate surface area is 178 Å². The third-order valence-electron chi connectivity index (χ3n) is 5.84. The molecule has 2 aromatic carbocycles. The van der Waals surface area contributed by atoms with E-state index in [1.807, 2.05) is 12.3 Å². The van der Waals surface area contributed by atoms with Gasteiger partial charge in [-0.3, -0.25) is 9.69 Å². The molecule has 1 amide bonds. The molecule has 5 nitrogen and oxygen atoms in total. The molecule has 2 heterocycles. The number of nitrogens with zero attached hydrogens (tertiary/aromatic N) is 3. The molecular formula is C25H30N4O. The van der Waals surface area contributed by atoms with Gasteiger partial charge in [-0.2, -0.15) is 0 Å². The Morgan fingerprint density at radius 2 is 1.87 bits per heavy atom. The molecule has 1 aliphatic rings. The predicted octanol–water partition coefficient (Wildman–Crippen LogP) is 3.99. The summed E-state index contributed by atoms with van der Waals surface area (Å²) in [5.41, 5.74) is 4.75. The van der Waals surface area contributed by atoms with Crippen molar-refractivity contribution in [3.05, 3.63) is 78.4 Å². The highest BCUT2D eigenvalue weighted by Gasteiger charge is 2.30. The van der Waals surface area contributed by atoms with E-state index < -0.39 is 0 Å².